The second kappa shape index (κ2) is 6.12. The molecule has 5 nitrogen and oxygen atoms in total. The first-order valence-corrected chi connectivity index (χ1v) is 7.33. The van der Waals surface area contributed by atoms with Crippen molar-refractivity contribution in [1.29, 1.82) is 0 Å². The van der Waals surface area contributed by atoms with Gasteiger partial charge in [0.15, 0.2) is 0 Å². The molecule has 0 bridgehead atoms. The third-order valence-electron chi connectivity index (χ3n) is 2.35. The average Bonchev–Trinajstić information content (AvgIpc) is 2.80. The Kier molecular flexibility index (Phi) is 4.49. The molecule has 0 saturated carbocycles. The van der Waals surface area contributed by atoms with Crippen LogP contribution in [0.15, 0.2) is 22.7 Å². The number of aromatic hydroxyl groups is 1. The van der Waals surface area contributed by atoms with Gasteiger partial charge in [-0.25, -0.2) is 0 Å². The summed E-state index contributed by atoms with van der Waals surface area (Å²) in [4.78, 5) is 12.0. The summed E-state index contributed by atoms with van der Waals surface area (Å²) in [5.74, 6) is -0.475. The molecular weight excluding hydrogens is 330 g/mol. The first kappa shape index (κ1) is 14.0. The van der Waals surface area contributed by atoms with Crippen molar-refractivity contribution < 1.29 is 9.90 Å². The van der Waals surface area contributed by atoms with Crippen molar-refractivity contribution in [2.45, 2.75) is 19.8 Å². The summed E-state index contributed by atoms with van der Waals surface area (Å²) in [6, 6.07) is 4.68. The average molecular weight is 342 g/mol. The zero-order valence-electron chi connectivity index (χ0n) is 10.2. The van der Waals surface area contributed by atoms with E-state index in [1.54, 1.807) is 12.1 Å². The summed E-state index contributed by atoms with van der Waals surface area (Å²) >= 11 is 4.60. The maximum Gasteiger partial charge on any atom is 0.261 e. The normalized spacial score (nSPS) is 10.4. The molecule has 2 aromatic rings. The number of rotatable bonds is 4. The minimum Gasteiger partial charge on any atom is -0.507 e. The van der Waals surface area contributed by atoms with E-state index in [4.69, 9.17) is 0 Å². The molecule has 0 unspecified atom stereocenters. The van der Waals surface area contributed by atoms with Crippen LogP contribution in [0.2, 0.25) is 0 Å². The Hall–Kier alpha value is -1.47. The number of benzene rings is 1. The summed E-state index contributed by atoms with van der Waals surface area (Å²) in [5.41, 5.74) is 0.196. The zero-order valence-corrected chi connectivity index (χ0v) is 12.6. The quantitative estimate of drug-likeness (QED) is 0.895. The second-order valence-corrected chi connectivity index (χ2v) is 5.84. The number of anilines is 1. The summed E-state index contributed by atoms with van der Waals surface area (Å²) in [7, 11) is 0. The molecule has 0 radical (unpaired) electrons. The van der Waals surface area contributed by atoms with E-state index in [1.165, 1.54) is 17.4 Å². The van der Waals surface area contributed by atoms with Crippen LogP contribution < -0.4 is 5.32 Å². The van der Waals surface area contributed by atoms with Gasteiger partial charge in [0.05, 0.1) is 5.56 Å². The number of nitrogens with one attached hydrogen (secondary N) is 1. The van der Waals surface area contributed by atoms with Crippen LogP contribution in [0.5, 0.6) is 5.75 Å². The van der Waals surface area contributed by atoms with Crippen molar-refractivity contribution in [3.8, 4) is 5.75 Å². The Morgan fingerprint density at radius 3 is 3.00 bits per heavy atom. The summed E-state index contributed by atoms with van der Waals surface area (Å²) in [5, 5.41) is 21.5. The number of nitrogens with zero attached hydrogens (tertiary/aromatic N) is 2. The maximum absolute atomic E-state index is 12.0. The smallest absolute Gasteiger partial charge is 0.261 e. The highest BCUT2D eigenvalue weighted by molar-refractivity contribution is 9.10. The molecule has 7 heteroatoms. The van der Waals surface area contributed by atoms with Crippen LogP contribution >= 0.6 is 27.3 Å². The highest BCUT2D eigenvalue weighted by atomic mass is 79.9. The number of halogens is 1. The summed E-state index contributed by atoms with van der Waals surface area (Å²) in [6.45, 7) is 2.05. The monoisotopic (exact) mass is 341 g/mol. The lowest BCUT2D eigenvalue weighted by Gasteiger charge is -2.04. The predicted octanol–water partition coefficient (Wildman–Crippen LogP) is 3.21. The van der Waals surface area contributed by atoms with Crippen molar-refractivity contribution in [2.75, 3.05) is 5.32 Å². The zero-order chi connectivity index (χ0) is 13.8. The van der Waals surface area contributed by atoms with Gasteiger partial charge in [-0.1, -0.05) is 34.2 Å². The minimum absolute atomic E-state index is 0.0704. The first-order chi connectivity index (χ1) is 9.10. The Labute approximate surface area is 122 Å². The van der Waals surface area contributed by atoms with Crippen molar-refractivity contribution in [3.63, 3.8) is 0 Å². The Morgan fingerprint density at radius 1 is 1.47 bits per heavy atom. The molecule has 1 heterocycles. The van der Waals surface area contributed by atoms with Gasteiger partial charge in [-0.3, -0.25) is 10.1 Å². The predicted molar refractivity (Wildman–Crippen MR) is 77.7 cm³/mol. The molecule has 0 fully saturated rings. The van der Waals surface area contributed by atoms with Crippen molar-refractivity contribution in [1.82, 2.24) is 10.2 Å². The van der Waals surface area contributed by atoms with E-state index in [2.05, 4.69) is 38.4 Å². The highest BCUT2D eigenvalue weighted by Crippen LogP contribution is 2.24. The number of amides is 1. The lowest BCUT2D eigenvalue weighted by Crippen LogP contribution is -2.11. The number of hydrogen-bond donors (Lipinski definition) is 2. The molecular formula is C12H12BrN3O2S. The van der Waals surface area contributed by atoms with Gasteiger partial charge in [0, 0.05) is 10.9 Å². The van der Waals surface area contributed by atoms with Gasteiger partial charge < -0.3 is 5.11 Å². The second-order valence-electron chi connectivity index (χ2n) is 3.87. The van der Waals surface area contributed by atoms with Crippen LogP contribution in [0.1, 0.15) is 28.7 Å². The molecule has 1 amide bonds. The lowest BCUT2D eigenvalue weighted by atomic mass is 10.2. The Morgan fingerprint density at radius 2 is 2.26 bits per heavy atom. The van der Waals surface area contributed by atoms with Gasteiger partial charge in [0.1, 0.15) is 10.8 Å². The molecule has 19 heavy (non-hydrogen) atoms. The van der Waals surface area contributed by atoms with E-state index in [-0.39, 0.29) is 11.3 Å². The van der Waals surface area contributed by atoms with Crippen LogP contribution in [0.25, 0.3) is 0 Å². The number of carbonyl (C=O) groups excluding carboxylic acids is 1. The fourth-order valence-corrected chi connectivity index (χ4v) is 2.67. The molecule has 0 aliphatic carbocycles. The molecule has 2 rings (SSSR count). The van der Waals surface area contributed by atoms with Crippen LogP contribution in [0.3, 0.4) is 0 Å². The molecule has 1 aromatic heterocycles. The van der Waals surface area contributed by atoms with Gasteiger partial charge >= 0.3 is 0 Å². The number of hydrogen-bond acceptors (Lipinski definition) is 5. The number of aromatic nitrogens is 2. The Balaban J connectivity index is 2.13. The molecule has 0 saturated heterocycles. The molecule has 0 spiro atoms. The molecule has 0 aliphatic rings. The van der Waals surface area contributed by atoms with Gasteiger partial charge in [-0.15, -0.1) is 10.2 Å². The third-order valence-corrected chi connectivity index (χ3v) is 3.75. The number of phenols is 1. The fraction of sp³-hybridized carbons (Fsp3) is 0.250. The van der Waals surface area contributed by atoms with Gasteiger partial charge in [0.2, 0.25) is 5.13 Å². The highest BCUT2D eigenvalue weighted by Gasteiger charge is 2.14. The Bertz CT molecular complexity index is 600. The minimum atomic E-state index is -0.405. The van der Waals surface area contributed by atoms with Crippen LogP contribution in [-0.4, -0.2) is 21.2 Å². The SMILES string of the molecule is CCCc1nnc(NC(=O)c2cc(Br)ccc2O)s1. The van der Waals surface area contributed by atoms with E-state index in [1.807, 2.05) is 0 Å². The topological polar surface area (TPSA) is 75.1 Å². The number of carbonyl (C=O) groups is 1. The standard InChI is InChI=1S/C12H12BrN3O2S/c1-2-3-10-15-16-12(19-10)14-11(18)8-6-7(13)4-5-9(8)17/h4-6,17H,2-3H2,1H3,(H,14,16,18). The maximum atomic E-state index is 12.0. The molecule has 0 aliphatic heterocycles. The van der Waals surface area contributed by atoms with E-state index < -0.39 is 5.91 Å². The van der Waals surface area contributed by atoms with Crippen molar-refractivity contribution >= 4 is 38.3 Å². The van der Waals surface area contributed by atoms with Crippen molar-refractivity contribution in [2.24, 2.45) is 0 Å². The molecule has 100 valence electrons. The van der Waals surface area contributed by atoms with Gasteiger partial charge in [0.25, 0.3) is 5.91 Å². The fourth-order valence-electron chi connectivity index (χ4n) is 1.47. The van der Waals surface area contributed by atoms with Crippen LogP contribution in [0, 0.1) is 0 Å². The van der Waals surface area contributed by atoms with Gasteiger partial charge in [-0.2, -0.15) is 0 Å². The van der Waals surface area contributed by atoms with Crippen LogP contribution in [0.4, 0.5) is 5.13 Å². The molecule has 0 atom stereocenters. The number of phenolic OH excluding ortho intramolecular Hbond substituents is 1. The number of aryl methyl sites for hydroxylation is 1. The van der Waals surface area contributed by atoms with E-state index in [0.717, 1.165) is 22.3 Å². The van der Waals surface area contributed by atoms with Crippen molar-refractivity contribution in [3.05, 3.63) is 33.2 Å². The van der Waals surface area contributed by atoms with E-state index in [0.29, 0.717) is 5.13 Å². The van der Waals surface area contributed by atoms with E-state index in [9.17, 15) is 9.90 Å². The first-order valence-electron chi connectivity index (χ1n) is 5.72. The third kappa shape index (κ3) is 3.51. The lowest BCUT2D eigenvalue weighted by molar-refractivity contribution is 0.102. The van der Waals surface area contributed by atoms with Crippen LogP contribution in [-0.2, 0) is 6.42 Å². The molecule has 2 N–H and O–H groups in total. The van der Waals surface area contributed by atoms with E-state index >= 15 is 0 Å². The summed E-state index contributed by atoms with van der Waals surface area (Å²) < 4.78 is 0.722. The molecule has 1 aromatic carbocycles. The summed E-state index contributed by atoms with van der Waals surface area (Å²) in [6.07, 6.45) is 1.82. The largest absolute Gasteiger partial charge is 0.507 e. The van der Waals surface area contributed by atoms with Gasteiger partial charge in [-0.05, 0) is 24.6 Å².